The zero-order valence-electron chi connectivity index (χ0n) is 26.1. The van der Waals surface area contributed by atoms with E-state index >= 15 is 4.39 Å². The average Bonchev–Trinajstić information content (AvgIpc) is 3.59. The minimum atomic E-state index is -2.78. The number of fused-ring (bicyclic) bond motifs is 2. The molecule has 0 radical (unpaired) electrons. The van der Waals surface area contributed by atoms with Crippen molar-refractivity contribution in [3.05, 3.63) is 78.6 Å². The molecule has 0 spiro atoms. The molecule has 3 heterocycles. The number of imidazole rings is 1. The molecule has 6 rings (SSSR count). The first-order valence-electron chi connectivity index (χ1n) is 14.8. The van der Waals surface area contributed by atoms with Gasteiger partial charge in [-0.1, -0.05) is 65.4 Å². The van der Waals surface area contributed by atoms with Crippen LogP contribution in [0.25, 0.3) is 21.9 Å². The van der Waals surface area contributed by atoms with Crippen molar-refractivity contribution in [3.63, 3.8) is 0 Å². The van der Waals surface area contributed by atoms with E-state index in [2.05, 4.69) is 19.7 Å². The van der Waals surface area contributed by atoms with Gasteiger partial charge in [-0.3, -0.25) is 9.09 Å². The van der Waals surface area contributed by atoms with Gasteiger partial charge in [0.05, 0.1) is 13.4 Å². The number of hydrogen-bond acceptors (Lipinski definition) is 13. The molecule has 14 nitrogen and oxygen atoms in total. The third-order valence-corrected chi connectivity index (χ3v) is 8.66. The molecule has 0 aliphatic carbocycles. The maximum Gasteiger partial charge on any atom is 0.395 e. The minimum Gasteiger partial charge on any atom is -0.575 e. The van der Waals surface area contributed by atoms with E-state index in [1.165, 1.54) is 31.9 Å². The molecule has 3 N–H and O–H groups in total. The van der Waals surface area contributed by atoms with E-state index in [1.54, 1.807) is 24.3 Å². The number of halogens is 1. The molecule has 0 amide bonds. The second kappa shape index (κ2) is 13.6. The number of hydrogen-bond donors (Lipinski definition) is 2. The van der Waals surface area contributed by atoms with E-state index in [9.17, 15) is 14.8 Å². The highest BCUT2D eigenvalue weighted by Crippen LogP contribution is 2.44. The number of nitrogen functional groups attached to an aromatic ring is 1. The molecule has 1 aliphatic heterocycles. The van der Waals surface area contributed by atoms with Gasteiger partial charge in [0.25, 0.3) is 0 Å². The van der Waals surface area contributed by atoms with Crippen LogP contribution < -0.4 is 24.6 Å². The van der Waals surface area contributed by atoms with Gasteiger partial charge in [-0.25, -0.2) is 14.2 Å². The Labute approximate surface area is 274 Å². The molecule has 0 bridgehead atoms. The highest BCUT2D eigenvalue weighted by Gasteiger charge is 2.55. The van der Waals surface area contributed by atoms with Crippen LogP contribution in [-0.4, -0.2) is 68.2 Å². The summed E-state index contributed by atoms with van der Waals surface area (Å²) < 4.78 is 49.4. The standard InChI is InChI=1S/C32H32FN6O8P/c1-18(29(40)45-15-19-9-5-4-6-10-19)38-48(42)47-25-21-12-8-7-11-20(21)13-14-22(25)44-16-23-26(33)32(2,41)30(46-23)39-17-35-24-27(39)36-31(34)37-28(24)43-3/h4-14,17-18,23,26,30,41H,15-16H2,1-3H3,(H2,34,36,37)/t18-,23+,26-,30?,32+/m0/s1. The molecule has 6 atom stereocenters. The van der Waals surface area contributed by atoms with Crippen LogP contribution in [0, 0.1) is 0 Å². The summed E-state index contributed by atoms with van der Waals surface area (Å²) in [6.07, 6.45) is -3.13. The summed E-state index contributed by atoms with van der Waals surface area (Å²) in [5.41, 5.74) is 5.00. The summed E-state index contributed by atoms with van der Waals surface area (Å²) in [6.45, 7) is 2.41. The lowest BCUT2D eigenvalue weighted by atomic mass is 9.98. The highest BCUT2D eigenvalue weighted by atomic mass is 31.1. The van der Waals surface area contributed by atoms with Crippen molar-refractivity contribution >= 4 is 42.0 Å². The van der Waals surface area contributed by atoms with Crippen molar-refractivity contribution < 1.29 is 42.7 Å². The van der Waals surface area contributed by atoms with E-state index in [4.69, 9.17) is 29.2 Å². The number of nitrogens with two attached hydrogens (primary N) is 1. The van der Waals surface area contributed by atoms with Crippen molar-refractivity contribution in [3.8, 4) is 17.4 Å². The third kappa shape index (κ3) is 6.58. The summed E-state index contributed by atoms with van der Waals surface area (Å²) in [5.74, 6) is -0.489. The predicted octanol–water partition coefficient (Wildman–Crippen LogP) is 4.00. The molecule has 16 heteroatoms. The number of carbonyl (C=O) groups excluding carboxylic acids is 1. The number of benzene rings is 3. The molecule has 1 fully saturated rings. The molecular weight excluding hydrogens is 646 g/mol. The van der Waals surface area contributed by atoms with Crippen molar-refractivity contribution in [2.24, 2.45) is 4.74 Å². The number of carbonyl (C=O) groups is 1. The van der Waals surface area contributed by atoms with Gasteiger partial charge >= 0.3 is 14.1 Å². The number of nitrogens with zero attached hydrogens (tertiary/aromatic N) is 5. The van der Waals surface area contributed by atoms with Gasteiger partial charge in [0, 0.05) is 5.39 Å². The number of methoxy groups -OCH3 is 1. The Bertz CT molecular complexity index is 1980. The van der Waals surface area contributed by atoms with Crippen molar-refractivity contribution in [2.45, 2.75) is 50.6 Å². The van der Waals surface area contributed by atoms with Crippen molar-refractivity contribution in [1.82, 2.24) is 19.5 Å². The second-order valence-corrected chi connectivity index (χ2v) is 12.1. The molecule has 1 aliphatic rings. The summed E-state index contributed by atoms with van der Waals surface area (Å²) in [5, 5.41) is 12.5. The largest absolute Gasteiger partial charge is 0.575 e. The lowest BCUT2D eigenvalue weighted by Gasteiger charge is -2.26. The second-order valence-electron chi connectivity index (χ2n) is 11.2. The van der Waals surface area contributed by atoms with Crippen LogP contribution in [0.3, 0.4) is 0 Å². The quantitative estimate of drug-likeness (QED) is 0.151. The Hall–Kier alpha value is -4.95. The first-order valence-corrected chi connectivity index (χ1v) is 16.0. The van der Waals surface area contributed by atoms with Crippen LogP contribution in [-0.2, 0) is 20.9 Å². The van der Waals surface area contributed by atoms with Crippen LogP contribution in [0.1, 0.15) is 25.6 Å². The Balaban J connectivity index is 1.20. The monoisotopic (exact) mass is 678 g/mol. The lowest BCUT2D eigenvalue weighted by Crippen LogP contribution is -2.42. The number of aromatic nitrogens is 4. The maximum atomic E-state index is 15.8. The third-order valence-electron chi connectivity index (χ3n) is 7.79. The SMILES string of the molecule is COc1nc(N)nc2c1ncn2C1O[C@H](COc2ccc3ccccc3c2O[P+]([O-])=N[C@@H](C)C(=O)OCc2ccccc2)[C@H](F)[C@@]1(C)O. The number of esters is 1. The zero-order chi connectivity index (χ0) is 34.0. The smallest absolute Gasteiger partial charge is 0.395 e. The molecular formula is C32H32FN6O8P. The Morgan fingerprint density at radius 3 is 2.71 bits per heavy atom. The van der Waals surface area contributed by atoms with Gasteiger partial charge in [0.2, 0.25) is 17.6 Å². The normalized spacial score (nSPS) is 21.7. The number of aliphatic hydroxyl groups is 1. The molecule has 2 unspecified atom stereocenters. The van der Waals surface area contributed by atoms with E-state index < -0.39 is 44.3 Å². The Morgan fingerprint density at radius 1 is 1.19 bits per heavy atom. The van der Waals surface area contributed by atoms with Crippen LogP contribution in [0.2, 0.25) is 0 Å². The van der Waals surface area contributed by atoms with Gasteiger partial charge in [-0.2, -0.15) is 9.97 Å². The fourth-order valence-corrected chi connectivity index (χ4v) is 6.09. The van der Waals surface area contributed by atoms with E-state index in [0.29, 0.717) is 5.39 Å². The topological polar surface area (TPSA) is 188 Å². The van der Waals surface area contributed by atoms with Gasteiger partial charge in [0.15, 0.2) is 35.4 Å². The van der Waals surface area contributed by atoms with Crippen LogP contribution in [0.4, 0.5) is 10.3 Å². The van der Waals surface area contributed by atoms with Gasteiger partial charge in [0.1, 0.15) is 24.9 Å². The van der Waals surface area contributed by atoms with Crippen LogP contribution >= 0.6 is 8.17 Å². The first-order chi connectivity index (χ1) is 23.1. The fraction of sp³-hybridized carbons (Fsp3) is 0.312. The summed E-state index contributed by atoms with van der Waals surface area (Å²) in [6, 6.07) is 18.5. The zero-order valence-corrected chi connectivity index (χ0v) is 27.0. The highest BCUT2D eigenvalue weighted by molar-refractivity contribution is 7.34. The molecule has 0 saturated carbocycles. The molecule has 48 heavy (non-hydrogen) atoms. The van der Waals surface area contributed by atoms with Crippen molar-refractivity contribution in [2.75, 3.05) is 19.5 Å². The van der Waals surface area contributed by atoms with E-state index in [0.717, 1.165) is 10.9 Å². The van der Waals surface area contributed by atoms with E-state index in [1.807, 2.05) is 42.5 Å². The van der Waals surface area contributed by atoms with E-state index in [-0.39, 0.29) is 47.7 Å². The molecule has 250 valence electrons. The summed E-state index contributed by atoms with van der Waals surface area (Å²) in [7, 11) is -1.39. The summed E-state index contributed by atoms with van der Waals surface area (Å²) >= 11 is 0. The maximum absolute atomic E-state index is 15.8. The molecule has 5 aromatic rings. The average molecular weight is 679 g/mol. The number of alkyl halides is 1. The molecule has 2 aromatic heterocycles. The minimum absolute atomic E-state index is 0.0398. The number of anilines is 1. The first kappa shape index (κ1) is 33.0. The van der Waals surface area contributed by atoms with Crippen LogP contribution in [0.5, 0.6) is 17.4 Å². The van der Waals surface area contributed by atoms with Crippen LogP contribution in [0.15, 0.2) is 77.8 Å². The molecule has 3 aromatic carbocycles. The number of ether oxygens (including phenoxy) is 4. The predicted molar refractivity (Wildman–Crippen MR) is 171 cm³/mol. The summed E-state index contributed by atoms with van der Waals surface area (Å²) in [4.78, 5) is 38.0. The Kier molecular flexibility index (Phi) is 9.38. The number of rotatable bonds is 11. The fourth-order valence-electron chi connectivity index (χ4n) is 5.32. The van der Waals surface area contributed by atoms with Crippen molar-refractivity contribution in [1.29, 1.82) is 0 Å². The molecule has 1 saturated heterocycles. The Morgan fingerprint density at radius 2 is 1.94 bits per heavy atom. The van der Waals surface area contributed by atoms with Gasteiger partial charge < -0.3 is 34.7 Å². The van der Waals surface area contributed by atoms with Gasteiger partial charge in [-0.05, 0) is 30.9 Å². The lowest BCUT2D eigenvalue weighted by molar-refractivity contribution is -0.169. The van der Waals surface area contributed by atoms with Gasteiger partial charge in [-0.15, -0.1) is 0 Å².